The third-order valence-electron chi connectivity index (χ3n) is 2.52. The summed E-state index contributed by atoms with van der Waals surface area (Å²) in [6.07, 6.45) is 0.118. The molecule has 0 fully saturated rings. The van der Waals surface area contributed by atoms with Crippen molar-refractivity contribution in [2.45, 2.75) is 31.0 Å². The van der Waals surface area contributed by atoms with E-state index in [-0.39, 0.29) is 18.2 Å². The zero-order chi connectivity index (χ0) is 15.9. The van der Waals surface area contributed by atoms with E-state index < -0.39 is 24.6 Å². The summed E-state index contributed by atoms with van der Waals surface area (Å²) in [7, 11) is 0. The SMILES string of the molecule is [C-]#[N+]C(C#N)(CCC(F)(F)F)Cc1cnc(OCC#C)s1. The minimum absolute atomic E-state index is 0.0211. The Hall–Kier alpha value is -2.24. The normalized spacial score (nSPS) is 13.5. The molecule has 1 atom stereocenters. The first-order chi connectivity index (χ1) is 9.84. The molecule has 0 aromatic carbocycles. The van der Waals surface area contributed by atoms with Crippen LogP contribution in [0.4, 0.5) is 13.2 Å². The van der Waals surface area contributed by atoms with Gasteiger partial charge in [0.1, 0.15) is 0 Å². The van der Waals surface area contributed by atoms with E-state index in [1.54, 1.807) is 6.07 Å². The van der Waals surface area contributed by atoms with Gasteiger partial charge in [-0.15, -0.1) is 6.42 Å². The summed E-state index contributed by atoms with van der Waals surface area (Å²) >= 11 is 1.06. The second-order valence-corrected chi connectivity index (χ2v) is 5.21. The maximum atomic E-state index is 12.3. The molecule has 1 aromatic heterocycles. The molecule has 1 heterocycles. The second-order valence-electron chi connectivity index (χ2n) is 4.13. The van der Waals surface area contributed by atoms with Crippen molar-refractivity contribution < 1.29 is 17.9 Å². The molecule has 0 amide bonds. The predicted molar refractivity (Wildman–Crippen MR) is 70.4 cm³/mol. The molecule has 0 saturated heterocycles. The highest BCUT2D eigenvalue weighted by atomic mass is 32.1. The summed E-state index contributed by atoms with van der Waals surface area (Å²) in [5, 5.41) is 9.34. The quantitative estimate of drug-likeness (QED) is 0.598. The van der Waals surface area contributed by atoms with Crippen LogP contribution in [0.2, 0.25) is 0 Å². The van der Waals surface area contributed by atoms with Crippen LogP contribution >= 0.6 is 11.3 Å². The molecule has 1 unspecified atom stereocenters. The Labute approximate surface area is 124 Å². The first-order valence-electron chi connectivity index (χ1n) is 5.72. The third-order valence-corrected chi connectivity index (χ3v) is 3.43. The molecular formula is C13H10F3N3OS. The van der Waals surface area contributed by atoms with Crippen LogP contribution < -0.4 is 4.74 Å². The van der Waals surface area contributed by atoms with E-state index >= 15 is 0 Å². The molecule has 0 N–H and O–H groups in total. The highest BCUT2D eigenvalue weighted by Gasteiger charge is 2.42. The van der Waals surface area contributed by atoms with Gasteiger partial charge in [0.05, 0.1) is 12.8 Å². The van der Waals surface area contributed by atoms with Gasteiger partial charge in [0.15, 0.2) is 12.7 Å². The summed E-state index contributed by atoms with van der Waals surface area (Å²) < 4.78 is 41.9. The first kappa shape index (κ1) is 16.8. The number of thiazole rings is 1. The molecule has 0 bridgehead atoms. The molecule has 0 aliphatic heterocycles. The van der Waals surface area contributed by atoms with Crippen LogP contribution in [0, 0.1) is 30.2 Å². The molecule has 0 radical (unpaired) electrons. The van der Waals surface area contributed by atoms with Gasteiger partial charge in [-0.2, -0.15) is 18.4 Å². The van der Waals surface area contributed by atoms with E-state index in [1.165, 1.54) is 6.20 Å². The Morgan fingerprint density at radius 3 is 2.71 bits per heavy atom. The van der Waals surface area contributed by atoms with Gasteiger partial charge in [-0.1, -0.05) is 17.3 Å². The lowest BCUT2D eigenvalue weighted by atomic mass is 9.91. The zero-order valence-corrected chi connectivity index (χ0v) is 11.6. The molecule has 0 aliphatic rings. The number of aromatic nitrogens is 1. The number of nitrogens with zero attached hydrogens (tertiary/aromatic N) is 3. The van der Waals surface area contributed by atoms with Crippen molar-refractivity contribution in [2.24, 2.45) is 0 Å². The topological polar surface area (TPSA) is 50.3 Å². The van der Waals surface area contributed by atoms with Gasteiger partial charge < -0.3 is 4.74 Å². The highest BCUT2D eigenvalue weighted by Crippen LogP contribution is 2.32. The van der Waals surface area contributed by atoms with Crippen molar-refractivity contribution in [3.8, 4) is 23.6 Å². The lowest BCUT2D eigenvalue weighted by molar-refractivity contribution is -0.136. The average Bonchev–Trinajstić information content (AvgIpc) is 2.88. The Morgan fingerprint density at radius 2 is 2.19 bits per heavy atom. The van der Waals surface area contributed by atoms with Crippen LogP contribution in [0.1, 0.15) is 17.7 Å². The molecule has 8 heteroatoms. The van der Waals surface area contributed by atoms with E-state index in [1.807, 2.05) is 0 Å². The number of hydrogen-bond donors (Lipinski definition) is 0. The van der Waals surface area contributed by atoms with E-state index in [0.717, 1.165) is 11.3 Å². The predicted octanol–water partition coefficient (Wildman–Crippen LogP) is 3.22. The van der Waals surface area contributed by atoms with Crippen molar-refractivity contribution in [3.05, 3.63) is 22.5 Å². The Bertz CT molecular complexity index is 590. The monoisotopic (exact) mass is 313 g/mol. The summed E-state index contributed by atoms with van der Waals surface area (Å²) in [6.45, 7) is 7.07. The fourth-order valence-corrected chi connectivity index (χ4v) is 2.35. The van der Waals surface area contributed by atoms with Crippen molar-refractivity contribution in [3.63, 3.8) is 0 Å². The standard InChI is InChI=1S/C13H10F3N3OS/c1-3-6-20-11-19-8-10(21-11)7-12(9-17,18-2)4-5-13(14,15)16/h1,8H,4-7H2. The van der Waals surface area contributed by atoms with E-state index in [0.29, 0.717) is 4.88 Å². The number of ether oxygens (including phenoxy) is 1. The molecule has 110 valence electrons. The molecular weight excluding hydrogens is 303 g/mol. The fourth-order valence-electron chi connectivity index (χ4n) is 1.48. The third kappa shape index (κ3) is 5.33. The van der Waals surface area contributed by atoms with Gasteiger partial charge in [0.25, 0.3) is 5.19 Å². The lowest BCUT2D eigenvalue weighted by Crippen LogP contribution is -2.27. The number of alkyl halides is 3. The maximum Gasteiger partial charge on any atom is 0.389 e. The molecule has 0 saturated carbocycles. The second kappa shape index (κ2) is 6.97. The van der Waals surface area contributed by atoms with Gasteiger partial charge in [0, 0.05) is 17.5 Å². The Balaban J connectivity index is 2.79. The van der Waals surface area contributed by atoms with Gasteiger partial charge in [0.2, 0.25) is 0 Å². The van der Waals surface area contributed by atoms with Crippen molar-refractivity contribution in [1.29, 1.82) is 5.26 Å². The molecule has 4 nitrogen and oxygen atoms in total. The fraction of sp³-hybridized carbons (Fsp3) is 0.462. The van der Waals surface area contributed by atoms with Crippen molar-refractivity contribution >= 4 is 11.3 Å². The molecule has 0 spiro atoms. The minimum atomic E-state index is -4.40. The molecule has 1 rings (SSSR count). The smallest absolute Gasteiger partial charge is 0.389 e. The van der Waals surface area contributed by atoms with E-state index in [4.69, 9.17) is 23.0 Å². The molecule has 1 aromatic rings. The van der Waals surface area contributed by atoms with E-state index in [2.05, 4.69) is 15.7 Å². The van der Waals surface area contributed by atoms with Crippen LogP contribution in [-0.2, 0) is 6.42 Å². The number of halogens is 3. The Morgan fingerprint density at radius 1 is 1.48 bits per heavy atom. The van der Waals surface area contributed by atoms with Gasteiger partial charge in [-0.05, 0) is 0 Å². The summed E-state index contributed by atoms with van der Waals surface area (Å²) in [4.78, 5) is 7.49. The summed E-state index contributed by atoms with van der Waals surface area (Å²) in [6, 6.07) is 1.69. The van der Waals surface area contributed by atoms with Crippen molar-refractivity contribution in [1.82, 2.24) is 4.98 Å². The number of rotatable bonds is 6. The zero-order valence-electron chi connectivity index (χ0n) is 10.8. The van der Waals surface area contributed by atoms with Gasteiger partial charge in [-0.25, -0.2) is 11.6 Å². The lowest BCUT2D eigenvalue weighted by Gasteiger charge is -2.14. The van der Waals surface area contributed by atoms with Crippen LogP contribution in [0.3, 0.4) is 0 Å². The largest absolute Gasteiger partial charge is 0.457 e. The minimum Gasteiger partial charge on any atom is -0.457 e. The van der Waals surface area contributed by atoms with Crippen molar-refractivity contribution in [2.75, 3.05) is 6.61 Å². The number of terminal acetylenes is 1. The first-order valence-corrected chi connectivity index (χ1v) is 6.53. The van der Waals surface area contributed by atoms with Crippen LogP contribution in [0.15, 0.2) is 6.20 Å². The van der Waals surface area contributed by atoms with Crippen LogP contribution in [0.25, 0.3) is 4.85 Å². The average molecular weight is 313 g/mol. The maximum absolute atomic E-state index is 12.3. The molecule has 21 heavy (non-hydrogen) atoms. The van der Waals surface area contributed by atoms with Gasteiger partial charge in [-0.3, -0.25) is 4.85 Å². The number of hydrogen-bond acceptors (Lipinski definition) is 4. The van der Waals surface area contributed by atoms with Gasteiger partial charge >= 0.3 is 11.7 Å². The summed E-state index contributed by atoms with van der Waals surface area (Å²) in [5.41, 5.74) is -1.74. The summed E-state index contributed by atoms with van der Waals surface area (Å²) in [5.74, 6) is 2.25. The van der Waals surface area contributed by atoms with E-state index in [9.17, 15) is 13.2 Å². The molecule has 0 aliphatic carbocycles. The Kier molecular flexibility index (Phi) is 5.58. The van der Waals surface area contributed by atoms with Crippen LogP contribution in [-0.4, -0.2) is 23.3 Å². The van der Waals surface area contributed by atoms with Crippen LogP contribution in [0.5, 0.6) is 5.19 Å². The number of nitriles is 1. The highest BCUT2D eigenvalue weighted by molar-refractivity contribution is 7.13.